The van der Waals surface area contributed by atoms with Crippen molar-refractivity contribution in [3.63, 3.8) is 0 Å². The van der Waals surface area contributed by atoms with Gasteiger partial charge in [0.05, 0.1) is 24.9 Å². The van der Waals surface area contributed by atoms with Gasteiger partial charge in [-0.2, -0.15) is 0 Å². The number of rotatable bonds is 7. The molecule has 1 fully saturated rings. The fourth-order valence-corrected chi connectivity index (χ4v) is 5.19. The first kappa shape index (κ1) is 23.1. The van der Waals surface area contributed by atoms with Crippen molar-refractivity contribution in [2.24, 2.45) is 0 Å². The van der Waals surface area contributed by atoms with Crippen molar-refractivity contribution >= 4 is 17.3 Å². The SMILES string of the molecule is COc1ccc(CN2C(=S)N[C@H](c3ccccn3)[C@@H]2c2cc(C)n(Cc3ccncc3)c2C)cc1. The topological polar surface area (TPSA) is 55.2 Å². The van der Waals surface area contributed by atoms with Gasteiger partial charge in [-0.1, -0.05) is 18.2 Å². The van der Waals surface area contributed by atoms with Crippen LogP contribution in [-0.4, -0.2) is 31.7 Å². The molecule has 1 aromatic carbocycles. The number of aromatic nitrogens is 3. The highest BCUT2D eigenvalue weighted by atomic mass is 32.1. The Morgan fingerprint density at radius 3 is 2.37 bits per heavy atom. The van der Waals surface area contributed by atoms with E-state index in [0.717, 1.165) is 23.1 Å². The second-order valence-corrected chi connectivity index (χ2v) is 9.26. The van der Waals surface area contributed by atoms with Crippen molar-refractivity contribution in [2.75, 3.05) is 7.11 Å². The Labute approximate surface area is 211 Å². The van der Waals surface area contributed by atoms with Crippen LogP contribution in [0.4, 0.5) is 0 Å². The van der Waals surface area contributed by atoms with Gasteiger partial charge in [-0.3, -0.25) is 9.97 Å². The van der Waals surface area contributed by atoms with E-state index in [9.17, 15) is 0 Å². The zero-order valence-electron chi connectivity index (χ0n) is 20.2. The maximum Gasteiger partial charge on any atom is 0.170 e. The number of ether oxygens (including phenoxy) is 1. The van der Waals surface area contributed by atoms with Gasteiger partial charge in [0, 0.05) is 43.1 Å². The third-order valence-electron chi connectivity index (χ3n) is 6.73. The van der Waals surface area contributed by atoms with E-state index < -0.39 is 0 Å². The van der Waals surface area contributed by atoms with Gasteiger partial charge in [0.2, 0.25) is 0 Å². The summed E-state index contributed by atoms with van der Waals surface area (Å²) in [6.07, 6.45) is 5.53. The fraction of sp³-hybridized carbons (Fsp3) is 0.250. The smallest absolute Gasteiger partial charge is 0.170 e. The lowest BCUT2D eigenvalue weighted by atomic mass is 9.96. The number of benzene rings is 1. The summed E-state index contributed by atoms with van der Waals surface area (Å²) >= 11 is 5.88. The number of hydrogen-bond donors (Lipinski definition) is 1. The van der Waals surface area contributed by atoms with E-state index in [-0.39, 0.29) is 12.1 Å². The fourth-order valence-electron chi connectivity index (χ4n) is 4.88. The van der Waals surface area contributed by atoms with E-state index in [2.05, 4.69) is 75.0 Å². The lowest BCUT2D eigenvalue weighted by Gasteiger charge is -2.28. The first-order valence-electron chi connectivity index (χ1n) is 11.7. The average molecular weight is 484 g/mol. The molecule has 1 N–H and O–H groups in total. The number of thiocarbonyl (C=S) groups is 1. The monoisotopic (exact) mass is 483 g/mol. The summed E-state index contributed by atoms with van der Waals surface area (Å²) < 4.78 is 7.71. The van der Waals surface area contributed by atoms with Crippen molar-refractivity contribution in [3.8, 4) is 5.75 Å². The number of nitrogens with zero attached hydrogens (tertiary/aromatic N) is 4. The van der Waals surface area contributed by atoms with Crippen molar-refractivity contribution in [1.82, 2.24) is 24.8 Å². The van der Waals surface area contributed by atoms with Crippen LogP contribution in [0.2, 0.25) is 0 Å². The highest BCUT2D eigenvalue weighted by Gasteiger charge is 2.41. The molecule has 0 radical (unpaired) electrons. The minimum atomic E-state index is -0.0446. The van der Waals surface area contributed by atoms with Crippen LogP contribution in [0, 0.1) is 13.8 Å². The zero-order chi connectivity index (χ0) is 24.4. The molecule has 0 unspecified atom stereocenters. The van der Waals surface area contributed by atoms with Crippen LogP contribution < -0.4 is 10.1 Å². The first-order chi connectivity index (χ1) is 17.0. The van der Waals surface area contributed by atoms with E-state index in [4.69, 9.17) is 17.0 Å². The predicted octanol–water partition coefficient (Wildman–Crippen LogP) is 5.12. The maximum atomic E-state index is 5.88. The molecule has 35 heavy (non-hydrogen) atoms. The normalized spacial score (nSPS) is 17.5. The number of nitrogens with one attached hydrogen (secondary N) is 1. The molecule has 178 valence electrons. The van der Waals surface area contributed by atoms with E-state index >= 15 is 0 Å². The third kappa shape index (κ3) is 4.64. The number of aryl methyl sites for hydroxylation is 1. The lowest BCUT2D eigenvalue weighted by molar-refractivity contribution is 0.309. The van der Waals surface area contributed by atoms with Crippen LogP contribution in [0.3, 0.4) is 0 Å². The Balaban J connectivity index is 1.54. The molecule has 1 saturated heterocycles. The summed E-state index contributed by atoms with van der Waals surface area (Å²) in [4.78, 5) is 11.1. The Kier molecular flexibility index (Phi) is 6.51. The molecule has 1 aliphatic rings. The molecule has 1 aliphatic heterocycles. The van der Waals surface area contributed by atoms with Gasteiger partial charge >= 0.3 is 0 Å². The predicted molar refractivity (Wildman–Crippen MR) is 141 cm³/mol. The summed E-state index contributed by atoms with van der Waals surface area (Å²) in [5.41, 5.74) is 7.09. The van der Waals surface area contributed by atoms with Gasteiger partial charge in [0.15, 0.2) is 5.11 Å². The Morgan fingerprint density at radius 2 is 1.69 bits per heavy atom. The molecule has 5 rings (SSSR count). The van der Waals surface area contributed by atoms with E-state index in [1.807, 2.05) is 42.9 Å². The number of pyridine rings is 2. The highest BCUT2D eigenvalue weighted by molar-refractivity contribution is 7.80. The van der Waals surface area contributed by atoms with Crippen LogP contribution in [0.15, 0.2) is 79.3 Å². The van der Waals surface area contributed by atoms with Gasteiger partial charge in [0.1, 0.15) is 5.75 Å². The second-order valence-electron chi connectivity index (χ2n) is 8.87. The van der Waals surface area contributed by atoms with Crippen LogP contribution in [0.5, 0.6) is 5.75 Å². The van der Waals surface area contributed by atoms with Crippen LogP contribution >= 0.6 is 12.2 Å². The summed E-state index contributed by atoms with van der Waals surface area (Å²) in [6.45, 7) is 5.86. The Bertz CT molecular complexity index is 1300. The van der Waals surface area contributed by atoms with Crippen LogP contribution in [-0.2, 0) is 13.1 Å². The van der Waals surface area contributed by atoms with Crippen LogP contribution in [0.25, 0.3) is 0 Å². The van der Waals surface area contributed by atoms with E-state index in [1.54, 1.807) is 7.11 Å². The minimum absolute atomic E-state index is 0.0110. The van der Waals surface area contributed by atoms with Gasteiger partial charge in [-0.05, 0) is 85.2 Å². The molecule has 4 aromatic rings. The summed E-state index contributed by atoms with van der Waals surface area (Å²) in [5, 5.41) is 4.31. The molecule has 0 aliphatic carbocycles. The molecule has 7 heteroatoms. The first-order valence-corrected chi connectivity index (χ1v) is 12.1. The van der Waals surface area contributed by atoms with E-state index in [1.165, 1.54) is 28.1 Å². The molecule has 0 saturated carbocycles. The molecule has 0 amide bonds. The highest BCUT2D eigenvalue weighted by Crippen LogP contribution is 2.41. The van der Waals surface area contributed by atoms with Gasteiger partial charge < -0.3 is 19.5 Å². The molecular formula is C28H29N5OS. The average Bonchev–Trinajstić information content (AvgIpc) is 3.36. The maximum absolute atomic E-state index is 5.88. The van der Waals surface area contributed by atoms with Crippen LogP contribution in [0.1, 0.15) is 45.9 Å². The minimum Gasteiger partial charge on any atom is -0.497 e. The molecule has 3 aromatic heterocycles. The van der Waals surface area contributed by atoms with Gasteiger partial charge in [-0.15, -0.1) is 0 Å². The summed E-state index contributed by atoms with van der Waals surface area (Å²) in [5.74, 6) is 0.846. The Hall–Kier alpha value is -3.71. The molecule has 0 bridgehead atoms. The summed E-state index contributed by atoms with van der Waals surface area (Å²) in [6, 6.07) is 20.6. The Morgan fingerprint density at radius 1 is 0.943 bits per heavy atom. The standard InChI is InChI=1S/C28H29N5OS/c1-19-16-24(20(2)32(19)17-22-11-14-29-15-12-22)27-26(25-6-4-5-13-30-25)31-28(35)33(27)18-21-7-9-23(34-3)10-8-21/h4-16,26-27H,17-18H2,1-3H3,(H,31,35)/t26-,27+/m1/s1. The van der Waals surface area contributed by atoms with Crippen molar-refractivity contribution in [2.45, 2.75) is 39.0 Å². The lowest BCUT2D eigenvalue weighted by Crippen LogP contribution is -2.29. The van der Waals surface area contributed by atoms with Crippen molar-refractivity contribution in [1.29, 1.82) is 0 Å². The number of hydrogen-bond acceptors (Lipinski definition) is 4. The number of methoxy groups -OCH3 is 1. The van der Waals surface area contributed by atoms with Gasteiger partial charge in [-0.25, -0.2) is 0 Å². The molecule has 0 spiro atoms. The summed E-state index contributed by atoms with van der Waals surface area (Å²) in [7, 11) is 1.68. The molecule has 4 heterocycles. The third-order valence-corrected chi connectivity index (χ3v) is 7.08. The zero-order valence-corrected chi connectivity index (χ0v) is 21.0. The molecule has 2 atom stereocenters. The quantitative estimate of drug-likeness (QED) is 0.368. The largest absolute Gasteiger partial charge is 0.497 e. The second kappa shape index (κ2) is 9.88. The van der Waals surface area contributed by atoms with Crippen molar-refractivity contribution in [3.05, 3.63) is 113 Å². The van der Waals surface area contributed by atoms with Gasteiger partial charge in [0.25, 0.3) is 0 Å². The molecule has 6 nitrogen and oxygen atoms in total. The van der Waals surface area contributed by atoms with E-state index in [0.29, 0.717) is 6.54 Å². The van der Waals surface area contributed by atoms with Crippen molar-refractivity contribution < 1.29 is 4.74 Å². The molecular weight excluding hydrogens is 454 g/mol.